The van der Waals surface area contributed by atoms with Crippen LogP contribution in [0.15, 0.2) is 20.7 Å². The van der Waals surface area contributed by atoms with Crippen LogP contribution in [0.4, 0.5) is 4.42 Å². The van der Waals surface area contributed by atoms with Crippen molar-refractivity contribution in [1.82, 2.24) is 0 Å². The van der Waals surface area contributed by atoms with Gasteiger partial charge >= 0.3 is 6.03 Å². The average molecular weight is 99.1 g/mol. The maximum Gasteiger partial charge on any atom is 0.594 e. The van der Waals surface area contributed by atoms with Gasteiger partial charge in [-0.25, -0.2) is 4.42 Å². The van der Waals surface area contributed by atoms with Crippen molar-refractivity contribution < 1.29 is 4.42 Å². The molecule has 1 aliphatic rings. The Labute approximate surface area is 39.4 Å². The maximum absolute atomic E-state index is 4.51. The van der Waals surface area contributed by atoms with Gasteiger partial charge < -0.3 is 0 Å². The predicted molar refractivity (Wildman–Crippen MR) is 21.0 cm³/mol. The third kappa shape index (κ3) is 0.648. The zero-order valence-corrected chi connectivity index (χ0v) is 3.70. The van der Waals surface area contributed by atoms with E-state index in [1.807, 2.05) is 0 Å². The molecular weight excluding hydrogens is 96.0 g/mol. The number of urea groups is 1. The van der Waals surface area contributed by atoms with E-state index in [0.717, 1.165) is 0 Å². The summed E-state index contributed by atoms with van der Waals surface area (Å²) in [5.74, 6) is 0. The van der Waals surface area contributed by atoms with E-state index in [1.54, 1.807) is 0 Å². The van der Waals surface area contributed by atoms with Crippen LogP contribution in [0.3, 0.4) is 0 Å². The molecule has 0 unspecified atom stereocenters. The first-order valence-electron chi connectivity index (χ1n) is 1.66. The van der Waals surface area contributed by atoms with E-state index in [-0.39, 0.29) is 6.03 Å². The van der Waals surface area contributed by atoms with E-state index in [2.05, 4.69) is 25.1 Å². The van der Waals surface area contributed by atoms with Crippen LogP contribution in [0.1, 0.15) is 0 Å². The summed E-state index contributed by atoms with van der Waals surface area (Å²) >= 11 is 0. The van der Waals surface area contributed by atoms with E-state index in [1.165, 1.54) is 7.11 Å². The van der Waals surface area contributed by atoms with Crippen molar-refractivity contribution in [2.24, 2.45) is 20.7 Å². The second kappa shape index (κ2) is 1.55. The molecule has 1 rings (SSSR count). The van der Waals surface area contributed by atoms with Crippen molar-refractivity contribution >= 4 is 6.03 Å². The molecule has 0 N–H and O–H groups in total. The van der Waals surface area contributed by atoms with Gasteiger partial charge in [-0.05, 0) is 20.7 Å². The summed E-state index contributed by atoms with van der Waals surface area (Å²) in [6.45, 7) is 0. The minimum absolute atomic E-state index is 0.208. The molecule has 7 heavy (non-hydrogen) atoms. The molecule has 0 saturated carbocycles. The second-order valence-electron chi connectivity index (χ2n) is 0.866. The Bertz CT molecular complexity index is 132. The van der Waals surface area contributed by atoms with Crippen molar-refractivity contribution in [1.29, 1.82) is 0 Å². The third-order valence-corrected chi connectivity index (χ3v) is 0.483. The summed E-state index contributed by atoms with van der Waals surface area (Å²) in [6, 6.07) is 0.208. The Morgan fingerprint density at radius 3 is 2.14 bits per heavy atom. The quantitative estimate of drug-likeness (QED) is 0.408. The summed E-state index contributed by atoms with van der Waals surface area (Å²) in [5, 5.41) is 13.0. The van der Waals surface area contributed by atoms with E-state index < -0.39 is 0 Å². The molecule has 0 aromatic heterocycles. The van der Waals surface area contributed by atoms with Crippen LogP contribution in [0.2, 0.25) is 0 Å². The first-order valence-corrected chi connectivity index (χ1v) is 1.66. The van der Waals surface area contributed by atoms with Crippen LogP contribution < -0.4 is 0 Å². The lowest BCUT2D eigenvalue weighted by atomic mass is 11.1. The van der Waals surface area contributed by atoms with Gasteiger partial charge in [-0.3, -0.25) is 0 Å². The highest BCUT2D eigenvalue weighted by molar-refractivity contribution is 5.75. The fourth-order valence-corrected chi connectivity index (χ4v) is 0.218. The molecule has 1 heterocycles. The molecule has 0 aliphatic carbocycles. The molecule has 2 amide bonds. The van der Waals surface area contributed by atoms with Crippen LogP contribution in [0, 0.1) is 0 Å². The molecule has 36 valence electrons. The van der Waals surface area contributed by atoms with Crippen LogP contribution in [-0.4, -0.2) is 13.1 Å². The number of rotatable bonds is 0. The second-order valence-corrected chi connectivity index (χ2v) is 0.866. The maximum atomic E-state index is 4.51. The van der Waals surface area contributed by atoms with E-state index >= 15 is 0 Å². The van der Waals surface area contributed by atoms with Crippen LogP contribution in [-0.2, 0) is 0 Å². The Morgan fingerprint density at radius 2 is 1.86 bits per heavy atom. The number of carbonyl (C=O) groups excluding carboxylic acids is 1. The topological polar surface area (TPSA) is 60.7 Å². The van der Waals surface area contributed by atoms with Crippen molar-refractivity contribution in [3.63, 3.8) is 0 Å². The third-order valence-electron chi connectivity index (χ3n) is 0.483. The lowest BCUT2D eigenvalue weighted by molar-refractivity contribution is -0.0814. The molecule has 0 aromatic rings. The zero-order chi connectivity index (χ0) is 5.11. The molecule has 5 heteroatoms. The van der Waals surface area contributed by atoms with E-state index in [0.29, 0.717) is 0 Å². The van der Waals surface area contributed by atoms with Crippen molar-refractivity contribution in [2.45, 2.75) is 0 Å². The highest BCUT2D eigenvalue weighted by atomic mass is 16.4. The summed E-state index contributed by atoms with van der Waals surface area (Å²) < 4.78 is 4.51. The van der Waals surface area contributed by atoms with Crippen LogP contribution in [0.5, 0.6) is 0 Å². The van der Waals surface area contributed by atoms with Crippen molar-refractivity contribution in [2.75, 3.05) is 7.11 Å². The van der Waals surface area contributed by atoms with Crippen LogP contribution in [0.25, 0.3) is 0 Å². The summed E-state index contributed by atoms with van der Waals surface area (Å²) in [4.78, 5) is 0. The summed E-state index contributed by atoms with van der Waals surface area (Å²) in [5.41, 5.74) is 0. The monoisotopic (exact) mass is 99.0 g/mol. The number of amides is 2. The normalized spacial score (nSPS) is 15.9. The SMILES string of the molecule is C[O+]=C1N=NN=N1. The smallest absolute Gasteiger partial charge is 0.218 e. The van der Waals surface area contributed by atoms with Crippen molar-refractivity contribution in [3.8, 4) is 0 Å². The number of nitrogens with zero attached hydrogens (tertiary/aromatic N) is 4. The van der Waals surface area contributed by atoms with E-state index in [4.69, 9.17) is 0 Å². The Balaban J connectivity index is 2.79. The molecule has 0 fully saturated rings. The van der Waals surface area contributed by atoms with Gasteiger partial charge in [0.1, 0.15) is 0 Å². The summed E-state index contributed by atoms with van der Waals surface area (Å²) in [7, 11) is 1.46. The lowest BCUT2D eigenvalue weighted by Gasteiger charge is -1.55. The Hall–Kier alpha value is -1.13. The Kier molecular flexibility index (Phi) is 0.892. The van der Waals surface area contributed by atoms with Gasteiger partial charge in [0.05, 0.1) is 0 Å². The molecule has 0 bridgehead atoms. The van der Waals surface area contributed by atoms with E-state index in [9.17, 15) is 0 Å². The van der Waals surface area contributed by atoms with Gasteiger partial charge in [-0.15, -0.1) is 0 Å². The van der Waals surface area contributed by atoms with Crippen LogP contribution >= 0.6 is 0 Å². The van der Waals surface area contributed by atoms with Gasteiger partial charge in [-0.2, -0.15) is 0 Å². The fraction of sp³-hybridized carbons (Fsp3) is 0.500. The van der Waals surface area contributed by atoms with Gasteiger partial charge in [0.2, 0.25) is 0 Å². The largest absolute Gasteiger partial charge is 0.594 e. The standard InChI is InChI=1S/C2H3N4O/c1-7-2-3-5-6-4-2/h1H3/q+1. The molecule has 0 spiro atoms. The van der Waals surface area contributed by atoms with Crippen molar-refractivity contribution in [3.05, 3.63) is 0 Å². The molecule has 5 nitrogen and oxygen atoms in total. The van der Waals surface area contributed by atoms with Gasteiger partial charge in [-0.1, -0.05) is 0 Å². The number of hydrogen-bond donors (Lipinski definition) is 0. The molecule has 1 aliphatic heterocycles. The summed E-state index contributed by atoms with van der Waals surface area (Å²) in [6.07, 6.45) is 0. The zero-order valence-electron chi connectivity index (χ0n) is 3.70. The molecule has 0 radical (unpaired) electrons. The predicted octanol–water partition coefficient (Wildman–Crippen LogP) is 1.10. The minimum Gasteiger partial charge on any atom is -0.218 e. The first-order chi connectivity index (χ1) is 3.43. The highest BCUT2D eigenvalue weighted by Gasteiger charge is 2.09. The fourth-order valence-electron chi connectivity index (χ4n) is 0.218. The molecule has 0 atom stereocenters. The number of hydrogen-bond acceptors (Lipinski definition) is 2. The van der Waals surface area contributed by atoms with Gasteiger partial charge in [0.25, 0.3) is 7.11 Å². The highest BCUT2D eigenvalue weighted by Crippen LogP contribution is 1.97. The average Bonchev–Trinajstić information content (AvgIpc) is 2.14. The lowest BCUT2D eigenvalue weighted by Crippen LogP contribution is -1.74. The van der Waals surface area contributed by atoms with Gasteiger partial charge in [0, 0.05) is 0 Å². The Morgan fingerprint density at radius 1 is 1.29 bits per heavy atom. The molecular formula is C2H3N4O+. The molecule has 0 aromatic carbocycles. The minimum atomic E-state index is 0.208. The van der Waals surface area contributed by atoms with Gasteiger partial charge in [0.15, 0.2) is 0 Å². The first kappa shape index (κ1) is 4.04. The molecule has 0 saturated heterocycles.